The number of amides is 1. The number of H-pyrrole nitrogens is 1. The molecule has 1 aromatic heterocycles. The summed E-state index contributed by atoms with van der Waals surface area (Å²) in [5.41, 5.74) is -0.465. The first-order chi connectivity index (χ1) is 9.35. The fourth-order valence-corrected chi connectivity index (χ4v) is 3.43. The fraction of sp³-hybridized carbons (Fsp3) is 0.714. The van der Waals surface area contributed by atoms with Gasteiger partial charge in [0.25, 0.3) is 0 Å². The molecule has 0 bridgehead atoms. The van der Waals surface area contributed by atoms with Crippen LogP contribution in [0.15, 0.2) is 10.8 Å². The van der Waals surface area contributed by atoms with E-state index >= 15 is 0 Å². The highest BCUT2D eigenvalue weighted by Crippen LogP contribution is 2.49. The first-order valence-corrected chi connectivity index (χ1v) is 7.86. The third-order valence-electron chi connectivity index (χ3n) is 4.08. The molecule has 1 saturated carbocycles. The summed E-state index contributed by atoms with van der Waals surface area (Å²) in [6, 6.07) is 0.326. The average Bonchev–Trinajstić information content (AvgIpc) is 2.79. The summed E-state index contributed by atoms with van der Waals surface area (Å²) in [6.07, 6.45) is 4.76. The third kappa shape index (κ3) is 2.45. The Morgan fingerprint density at radius 1 is 1.50 bits per heavy atom. The quantitative estimate of drug-likeness (QED) is 0.848. The number of halogens is 1. The number of carbonyl (C=O) groups excluding carboxylic acids is 1. The van der Waals surface area contributed by atoms with Gasteiger partial charge in [0.1, 0.15) is 16.0 Å². The van der Waals surface area contributed by atoms with E-state index in [0.29, 0.717) is 12.0 Å². The zero-order valence-electron chi connectivity index (χ0n) is 12.0. The predicted molar refractivity (Wildman–Crippen MR) is 78.2 cm³/mol. The van der Waals surface area contributed by atoms with Crippen molar-refractivity contribution in [1.82, 2.24) is 14.9 Å². The minimum Gasteiger partial charge on any atom is -0.444 e. The summed E-state index contributed by atoms with van der Waals surface area (Å²) >= 11 is 3.38. The number of carbonyl (C=O) groups is 1. The molecule has 6 heteroatoms. The zero-order chi connectivity index (χ0) is 14.5. The Hall–Kier alpha value is -1.04. The molecule has 110 valence electrons. The SMILES string of the molecule is CC(C)(C)OC(=O)N1C(c2ncc(Br)[nH]2)CC2CCC21. The summed E-state index contributed by atoms with van der Waals surface area (Å²) < 4.78 is 6.41. The lowest BCUT2D eigenvalue weighted by molar-refractivity contribution is 0.00479. The van der Waals surface area contributed by atoms with Crippen molar-refractivity contribution >= 4 is 22.0 Å². The van der Waals surface area contributed by atoms with Gasteiger partial charge in [-0.25, -0.2) is 9.78 Å². The summed E-state index contributed by atoms with van der Waals surface area (Å²) in [4.78, 5) is 21.9. The van der Waals surface area contributed by atoms with Crippen molar-refractivity contribution in [2.24, 2.45) is 5.92 Å². The van der Waals surface area contributed by atoms with Crippen LogP contribution in [0.3, 0.4) is 0 Å². The molecule has 1 amide bonds. The van der Waals surface area contributed by atoms with Gasteiger partial charge in [0.15, 0.2) is 0 Å². The Morgan fingerprint density at radius 2 is 2.25 bits per heavy atom. The van der Waals surface area contributed by atoms with Crippen LogP contribution in [0.4, 0.5) is 4.79 Å². The van der Waals surface area contributed by atoms with Crippen molar-refractivity contribution in [3.8, 4) is 0 Å². The fourth-order valence-electron chi connectivity index (χ4n) is 3.13. The number of fused-ring (bicyclic) bond motifs is 1. The molecule has 0 radical (unpaired) electrons. The Kier molecular flexibility index (Phi) is 3.31. The standard InChI is InChI=1S/C14H20BrN3O2/c1-14(2,3)20-13(19)18-9-5-4-8(9)6-10(18)12-16-7-11(15)17-12/h7-10H,4-6H2,1-3H3,(H,16,17). The molecule has 1 saturated heterocycles. The van der Waals surface area contributed by atoms with Gasteiger partial charge in [0, 0.05) is 6.04 Å². The van der Waals surface area contributed by atoms with Crippen molar-refractivity contribution in [2.45, 2.75) is 57.7 Å². The molecule has 1 aliphatic carbocycles. The number of nitrogens with zero attached hydrogens (tertiary/aromatic N) is 2. The van der Waals surface area contributed by atoms with E-state index in [9.17, 15) is 4.79 Å². The molecule has 3 atom stereocenters. The topological polar surface area (TPSA) is 58.2 Å². The van der Waals surface area contributed by atoms with Gasteiger partial charge in [-0.05, 0) is 61.9 Å². The van der Waals surface area contributed by atoms with Crippen LogP contribution in [-0.2, 0) is 4.74 Å². The van der Waals surface area contributed by atoms with Crippen molar-refractivity contribution in [1.29, 1.82) is 0 Å². The number of aromatic nitrogens is 2. The van der Waals surface area contributed by atoms with Gasteiger partial charge >= 0.3 is 6.09 Å². The van der Waals surface area contributed by atoms with Crippen molar-refractivity contribution in [3.05, 3.63) is 16.6 Å². The lowest BCUT2D eigenvalue weighted by atomic mass is 9.80. The van der Waals surface area contributed by atoms with Gasteiger partial charge in [-0.3, -0.25) is 4.90 Å². The number of nitrogens with one attached hydrogen (secondary N) is 1. The van der Waals surface area contributed by atoms with Gasteiger partial charge < -0.3 is 9.72 Å². The van der Waals surface area contributed by atoms with Crippen LogP contribution >= 0.6 is 15.9 Å². The van der Waals surface area contributed by atoms with Crippen LogP contribution in [-0.4, -0.2) is 32.6 Å². The van der Waals surface area contributed by atoms with E-state index in [0.717, 1.165) is 23.3 Å². The smallest absolute Gasteiger partial charge is 0.411 e. The average molecular weight is 342 g/mol. The van der Waals surface area contributed by atoms with Crippen LogP contribution in [0.25, 0.3) is 0 Å². The maximum atomic E-state index is 12.5. The largest absolute Gasteiger partial charge is 0.444 e. The Labute approximate surface area is 127 Å². The maximum Gasteiger partial charge on any atom is 0.411 e. The number of hydrogen-bond acceptors (Lipinski definition) is 3. The number of likely N-dealkylation sites (tertiary alicyclic amines) is 1. The molecular weight excluding hydrogens is 322 g/mol. The zero-order valence-corrected chi connectivity index (χ0v) is 13.6. The lowest BCUT2D eigenvalue weighted by Crippen LogP contribution is -2.46. The van der Waals surface area contributed by atoms with Crippen LogP contribution < -0.4 is 0 Å². The number of hydrogen-bond donors (Lipinski definition) is 1. The van der Waals surface area contributed by atoms with Crippen LogP contribution in [0, 0.1) is 5.92 Å². The van der Waals surface area contributed by atoms with Gasteiger partial charge in [-0.1, -0.05) is 0 Å². The summed E-state index contributed by atoms with van der Waals surface area (Å²) in [6.45, 7) is 5.70. The van der Waals surface area contributed by atoms with Crippen LogP contribution in [0.5, 0.6) is 0 Å². The van der Waals surface area contributed by atoms with Crippen molar-refractivity contribution in [3.63, 3.8) is 0 Å². The van der Waals surface area contributed by atoms with Gasteiger partial charge in [-0.15, -0.1) is 0 Å². The number of aromatic amines is 1. The van der Waals surface area contributed by atoms with E-state index in [1.54, 1.807) is 6.20 Å². The highest BCUT2D eigenvalue weighted by Gasteiger charge is 2.51. The van der Waals surface area contributed by atoms with E-state index < -0.39 is 5.60 Å². The van der Waals surface area contributed by atoms with E-state index in [4.69, 9.17) is 4.74 Å². The highest BCUT2D eigenvalue weighted by molar-refractivity contribution is 9.10. The first kappa shape index (κ1) is 13.9. The molecule has 1 N–H and O–H groups in total. The number of imidazole rings is 1. The summed E-state index contributed by atoms with van der Waals surface area (Å²) in [5, 5.41) is 0. The van der Waals surface area contributed by atoms with Crippen LogP contribution in [0.2, 0.25) is 0 Å². The maximum absolute atomic E-state index is 12.5. The second kappa shape index (κ2) is 4.76. The molecule has 1 aromatic rings. The van der Waals surface area contributed by atoms with E-state index in [-0.39, 0.29) is 12.1 Å². The molecule has 3 rings (SSSR count). The minimum atomic E-state index is -0.465. The highest BCUT2D eigenvalue weighted by atomic mass is 79.9. The molecule has 20 heavy (non-hydrogen) atoms. The molecule has 2 fully saturated rings. The lowest BCUT2D eigenvalue weighted by Gasteiger charge is -2.37. The van der Waals surface area contributed by atoms with Gasteiger partial charge in [0.2, 0.25) is 0 Å². The molecule has 3 unspecified atom stereocenters. The first-order valence-electron chi connectivity index (χ1n) is 7.07. The number of rotatable bonds is 1. The van der Waals surface area contributed by atoms with Crippen molar-refractivity contribution in [2.75, 3.05) is 0 Å². The molecule has 5 nitrogen and oxygen atoms in total. The predicted octanol–water partition coefficient (Wildman–Crippen LogP) is 3.63. The number of ether oxygens (including phenoxy) is 1. The molecule has 0 spiro atoms. The van der Waals surface area contributed by atoms with E-state index in [2.05, 4.69) is 25.9 Å². The van der Waals surface area contributed by atoms with Gasteiger partial charge in [0.05, 0.1) is 12.2 Å². The molecule has 2 heterocycles. The summed E-state index contributed by atoms with van der Waals surface area (Å²) in [5.74, 6) is 1.44. The Balaban J connectivity index is 1.83. The van der Waals surface area contributed by atoms with Crippen molar-refractivity contribution < 1.29 is 9.53 Å². The minimum absolute atomic E-state index is 0.00801. The molecule has 1 aliphatic heterocycles. The summed E-state index contributed by atoms with van der Waals surface area (Å²) in [7, 11) is 0. The van der Waals surface area contributed by atoms with E-state index in [1.807, 2.05) is 25.7 Å². The van der Waals surface area contributed by atoms with E-state index in [1.165, 1.54) is 6.42 Å². The molecule has 2 aliphatic rings. The second-order valence-electron chi connectivity index (χ2n) is 6.66. The third-order valence-corrected chi connectivity index (χ3v) is 4.48. The monoisotopic (exact) mass is 341 g/mol. The van der Waals surface area contributed by atoms with Crippen LogP contribution in [0.1, 0.15) is 51.9 Å². The second-order valence-corrected chi connectivity index (χ2v) is 7.51. The normalized spacial score (nSPS) is 29.0. The molecular formula is C14H20BrN3O2. The Bertz CT molecular complexity index is 523. The Morgan fingerprint density at radius 3 is 2.75 bits per heavy atom. The molecule has 0 aromatic carbocycles. The van der Waals surface area contributed by atoms with Gasteiger partial charge in [-0.2, -0.15) is 0 Å².